The van der Waals surface area contributed by atoms with Crippen LogP contribution in [0, 0.1) is 0 Å². The number of nitrogens with zero attached hydrogens (tertiary/aromatic N) is 1. The van der Waals surface area contributed by atoms with Gasteiger partial charge < -0.3 is 16.0 Å². The van der Waals surface area contributed by atoms with Crippen LogP contribution >= 0.6 is 0 Å². The highest BCUT2D eigenvalue weighted by atomic mass is 19.3. The average molecular weight is 249 g/mol. The molecule has 7 heteroatoms. The van der Waals surface area contributed by atoms with Crippen molar-refractivity contribution in [2.75, 3.05) is 19.6 Å². The van der Waals surface area contributed by atoms with E-state index < -0.39 is 31.0 Å². The summed E-state index contributed by atoms with van der Waals surface area (Å²) in [6.07, 6.45) is 1.23. The van der Waals surface area contributed by atoms with Crippen molar-refractivity contribution in [2.24, 2.45) is 5.73 Å². The maximum absolute atomic E-state index is 12.8. The molecule has 3 N–H and O–H groups in total. The van der Waals surface area contributed by atoms with Crippen LogP contribution in [0.4, 0.5) is 8.78 Å². The van der Waals surface area contributed by atoms with Gasteiger partial charge in [-0.25, -0.2) is 8.78 Å². The molecule has 1 unspecified atom stereocenters. The molecule has 5 nitrogen and oxygen atoms in total. The van der Waals surface area contributed by atoms with Crippen LogP contribution < -0.4 is 11.1 Å². The second-order valence-corrected chi connectivity index (χ2v) is 4.15. The summed E-state index contributed by atoms with van der Waals surface area (Å²) >= 11 is 0. The van der Waals surface area contributed by atoms with Crippen LogP contribution in [0.25, 0.3) is 0 Å². The Bertz CT molecular complexity index is 310. The Morgan fingerprint density at radius 2 is 2.18 bits per heavy atom. The number of alkyl halides is 2. The molecule has 1 heterocycles. The molecule has 0 aromatic rings. The van der Waals surface area contributed by atoms with Gasteiger partial charge in [-0.15, -0.1) is 0 Å². The van der Waals surface area contributed by atoms with Gasteiger partial charge in [0.15, 0.2) is 0 Å². The monoisotopic (exact) mass is 249 g/mol. The molecule has 1 aliphatic rings. The van der Waals surface area contributed by atoms with Crippen molar-refractivity contribution in [1.29, 1.82) is 0 Å². The molecule has 98 valence electrons. The number of hydrogen-bond acceptors (Lipinski definition) is 3. The molecule has 0 spiro atoms. The molecule has 0 aliphatic carbocycles. The third-order valence-electron chi connectivity index (χ3n) is 2.78. The Morgan fingerprint density at radius 1 is 1.53 bits per heavy atom. The number of amides is 2. The van der Waals surface area contributed by atoms with E-state index in [4.69, 9.17) is 5.73 Å². The first-order valence-electron chi connectivity index (χ1n) is 5.50. The SMILES string of the molecule is CC(=O)N1CCCC1C(=O)NCC(F)(F)CN. The predicted octanol–water partition coefficient (Wildman–Crippen LogP) is -0.292. The first-order chi connectivity index (χ1) is 7.87. The fraction of sp³-hybridized carbons (Fsp3) is 0.800. The third kappa shape index (κ3) is 3.62. The molecule has 0 saturated carbocycles. The van der Waals surface area contributed by atoms with Crippen molar-refractivity contribution in [1.82, 2.24) is 10.2 Å². The summed E-state index contributed by atoms with van der Waals surface area (Å²) in [7, 11) is 0. The molecule has 1 fully saturated rings. The van der Waals surface area contributed by atoms with Crippen LogP contribution in [0.15, 0.2) is 0 Å². The quantitative estimate of drug-likeness (QED) is 0.718. The van der Waals surface area contributed by atoms with E-state index in [2.05, 4.69) is 5.32 Å². The number of hydrogen-bond donors (Lipinski definition) is 2. The lowest BCUT2D eigenvalue weighted by molar-refractivity contribution is -0.137. The highest BCUT2D eigenvalue weighted by Gasteiger charge is 2.34. The maximum atomic E-state index is 12.8. The van der Waals surface area contributed by atoms with Gasteiger partial charge in [0.05, 0.1) is 13.1 Å². The van der Waals surface area contributed by atoms with E-state index in [1.54, 1.807) is 0 Å². The number of carbonyl (C=O) groups excluding carboxylic acids is 2. The minimum Gasteiger partial charge on any atom is -0.348 e. The van der Waals surface area contributed by atoms with Gasteiger partial charge in [-0.2, -0.15) is 0 Å². The van der Waals surface area contributed by atoms with E-state index in [-0.39, 0.29) is 5.91 Å². The fourth-order valence-corrected chi connectivity index (χ4v) is 1.82. The standard InChI is InChI=1S/C10H17F2N3O2/c1-7(16)15-4-2-3-8(15)9(17)14-6-10(11,12)5-13/h8H,2-6,13H2,1H3,(H,14,17). The van der Waals surface area contributed by atoms with Crippen molar-refractivity contribution in [2.45, 2.75) is 31.7 Å². The topological polar surface area (TPSA) is 75.4 Å². The molecule has 1 rings (SSSR count). The predicted molar refractivity (Wildman–Crippen MR) is 57.4 cm³/mol. The summed E-state index contributed by atoms with van der Waals surface area (Å²) in [6, 6.07) is -0.624. The van der Waals surface area contributed by atoms with Crippen LogP contribution in [0.2, 0.25) is 0 Å². The van der Waals surface area contributed by atoms with Crippen molar-refractivity contribution >= 4 is 11.8 Å². The summed E-state index contributed by atoms with van der Waals surface area (Å²) in [6.45, 7) is 0.264. The van der Waals surface area contributed by atoms with Gasteiger partial charge in [-0.1, -0.05) is 0 Å². The van der Waals surface area contributed by atoms with E-state index in [0.717, 1.165) is 0 Å². The van der Waals surface area contributed by atoms with Gasteiger partial charge in [-0.3, -0.25) is 9.59 Å². The summed E-state index contributed by atoms with van der Waals surface area (Å²) in [5.74, 6) is -3.85. The van der Waals surface area contributed by atoms with Gasteiger partial charge in [0, 0.05) is 13.5 Å². The highest BCUT2D eigenvalue weighted by Crippen LogP contribution is 2.17. The zero-order valence-electron chi connectivity index (χ0n) is 9.71. The largest absolute Gasteiger partial charge is 0.348 e. The molecule has 1 saturated heterocycles. The van der Waals surface area contributed by atoms with Gasteiger partial charge in [0.2, 0.25) is 11.8 Å². The lowest BCUT2D eigenvalue weighted by Crippen LogP contribution is -2.49. The van der Waals surface area contributed by atoms with Crippen LogP contribution in [-0.4, -0.2) is 48.3 Å². The lowest BCUT2D eigenvalue weighted by atomic mass is 10.2. The molecule has 1 atom stereocenters. The minimum absolute atomic E-state index is 0.215. The van der Waals surface area contributed by atoms with Crippen molar-refractivity contribution in [3.8, 4) is 0 Å². The first-order valence-corrected chi connectivity index (χ1v) is 5.50. The maximum Gasteiger partial charge on any atom is 0.277 e. The molecule has 17 heavy (non-hydrogen) atoms. The van der Waals surface area contributed by atoms with Crippen LogP contribution in [0.1, 0.15) is 19.8 Å². The van der Waals surface area contributed by atoms with E-state index in [1.165, 1.54) is 11.8 Å². The fourth-order valence-electron chi connectivity index (χ4n) is 1.82. The molecular weight excluding hydrogens is 232 g/mol. The zero-order valence-corrected chi connectivity index (χ0v) is 9.71. The van der Waals surface area contributed by atoms with Crippen LogP contribution in [0.5, 0.6) is 0 Å². The van der Waals surface area contributed by atoms with E-state index in [1.807, 2.05) is 0 Å². The van der Waals surface area contributed by atoms with Gasteiger partial charge >= 0.3 is 0 Å². The van der Waals surface area contributed by atoms with Crippen LogP contribution in [0.3, 0.4) is 0 Å². The Labute approximate surface area is 98.3 Å². The molecule has 0 aromatic heterocycles. The summed E-state index contributed by atoms with van der Waals surface area (Å²) in [5, 5.41) is 2.14. The number of carbonyl (C=O) groups is 2. The second kappa shape index (κ2) is 5.39. The number of nitrogens with one attached hydrogen (secondary N) is 1. The molecule has 2 amide bonds. The Morgan fingerprint density at radius 3 is 2.71 bits per heavy atom. The Kier molecular flexibility index (Phi) is 4.39. The van der Waals surface area contributed by atoms with Crippen molar-refractivity contribution in [3.05, 3.63) is 0 Å². The molecule has 0 aromatic carbocycles. The second-order valence-electron chi connectivity index (χ2n) is 4.15. The van der Waals surface area contributed by atoms with Gasteiger partial charge in [-0.05, 0) is 12.8 Å². The molecular formula is C10H17F2N3O2. The normalized spacial score (nSPS) is 20.5. The molecule has 1 aliphatic heterocycles. The zero-order chi connectivity index (χ0) is 13.1. The number of rotatable bonds is 4. The third-order valence-corrected chi connectivity index (χ3v) is 2.78. The summed E-state index contributed by atoms with van der Waals surface area (Å²) in [4.78, 5) is 24.2. The van der Waals surface area contributed by atoms with E-state index >= 15 is 0 Å². The number of likely N-dealkylation sites (tertiary alicyclic amines) is 1. The highest BCUT2D eigenvalue weighted by molar-refractivity contribution is 5.87. The van der Waals surface area contributed by atoms with Gasteiger partial charge in [0.25, 0.3) is 5.92 Å². The van der Waals surface area contributed by atoms with E-state index in [0.29, 0.717) is 19.4 Å². The van der Waals surface area contributed by atoms with Crippen LogP contribution in [-0.2, 0) is 9.59 Å². The molecule has 0 radical (unpaired) electrons. The number of halogens is 2. The van der Waals surface area contributed by atoms with Crippen molar-refractivity contribution < 1.29 is 18.4 Å². The smallest absolute Gasteiger partial charge is 0.277 e. The first kappa shape index (κ1) is 13.8. The Balaban J connectivity index is 2.50. The van der Waals surface area contributed by atoms with Gasteiger partial charge in [0.1, 0.15) is 6.04 Å². The molecule has 0 bridgehead atoms. The average Bonchev–Trinajstić information content (AvgIpc) is 2.75. The minimum atomic E-state index is -3.10. The lowest BCUT2D eigenvalue weighted by Gasteiger charge is -2.23. The summed E-state index contributed by atoms with van der Waals surface area (Å²) < 4.78 is 25.7. The number of nitrogens with two attached hydrogens (primary N) is 1. The Hall–Kier alpha value is -1.24. The summed E-state index contributed by atoms with van der Waals surface area (Å²) in [5.41, 5.74) is 4.86. The van der Waals surface area contributed by atoms with E-state index in [9.17, 15) is 18.4 Å². The van der Waals surface area contributed by atoms with Crippen molar-refractivity contribution in [3.63, 3.8) is 0 Å².